The highest BCUT2D eigenvalue weighted by molar-refractivity contribution is 7.99. The first-order chi connectivity index (χ1) is 12.3. The fourth-order valence-electron chi connectivity index (χ4n) is 2.45. The summed E-state index contributed by atoms with van der Waals surface area (Å²) in [7, 11) is 0. The van der Waals surface area contributed by atoms with Crippen LogP contribution < -0.4 is 0 Å². The van der Waals surface area contributed by atoms with E-state index in [4.69, 9.17) is 0 Å². The molecule has 0 fully saturated rings. The van der Waals surface area contributed by atoms with Crippen LogP contribution in [0.25, 0.3) is 22.3 Å². The van der Waals surface area contributed by atoms with E-state index in [1.807, 2.05) is 59.1 Å². The molecule has 0 aliphatic rings. The molecule has 0 saturated heterocycles. The summed E-state index contributed by atoms with van der Waals surface area (Å²) in [5.74, 6) is 0.488. The number of rotatable bonds is 4. The van der Waals surface area contributed by atoms with Gasteiger partial charge >= 0.3 is 0 Å². The van der Waals surface area contributed by atoms with Gasteiger partial charge in [-0.25, -0.2) is 4.98 Å². The lowest BCUT2D eigenvalue weighted by molar-refractivity contribution is 0.420. The van der Waals surface area contributed by atoms with Gasteiger partial charge in [0.25, 0.3) is 0 Å². The first kappa shape index (κ1) is 15.2. The number of pyridine rings is 1. The van der Waals surface area contributed by atoms with Gasteiger partial charge in [-0.05, 0) is 24.3 Å². The van der Waals surface area contributed by atoms with E-state index in [2.05, 4.69) is 20.2 Å². The second-order valence-electron chi connectivity index (χ2n) is 5.24. The number of aliphatic hydroxyl groups is 1. The minimum atomic E-state index is -0.0563. The third-order valence-corrected chi connectivity index (χ3v) is 4.60. The third-order valence-electron chi connectivity index (χ3n) is 3.65. The summed E-state index contributed by atoms with van der Waals surface area (Å²) in [6, 6.07) is 15.1. The summed E-state index contributed by atoms with van der Waals surface area (Å²) < 4.78 is 1.82. The molecule has 25 heavy (non-hydrogen) atoms. The summed E-state index contributed by atoms with van der Waals surface area (Å²) in [5, 5.41) is 28.6. The molecule has 3 heterocycles. The van der Waals surface area contributed by atoms with Crippen LogP contribution in [0.4, 0.5) is 0 Å². The lowest BCUT2D eigenvalue weighted by atomic mass is 10.2. The topological polar surface area (TPSA) is 103 Å². The predicted molar refractivity (Wildman–Crippen MR) is 95.0 cm³/mol. The van der Waals surface area contributed by atoms with Gasteiger partial charge in [0, 0.05) is 6.20 Å². The Morgan fingerprint density at radius 3 is 2.88 bits per heavy atom. The minimum absolute atomic E-state index is 0.0563. The number of benzene rings is 1. The molecule has 2 N–H and O–H groups in total. The Balaban J connectivity index is 1.62. The average molecular weight is 348 g/mol. The number of aliphatic hydroxyl groups excluding tert-OH is 1. The van der Waals surface area contributed by atoms with Crippen molar-refractivity contribution in [3.8, 4) is 6.07 Å². The van der Waals surface area contributed by atoms with E-state index in [-0.39, 0.29) is 17.1 Å². The van der Waals surface area contributed by atoms with E-state index < -0.39 is 0 Å². The van der Waals surface area contributed by atoms with Crippen LogP contribution in [0.2, 0.25) is 0 Å². The van der Waals surface area contributed by atoms with Gasteiger partial charge in [-0.2, -0.15) is 5.26 Å². The molecule has 0 unspecified atom stereocenters. The molecule has 0 amide bonds. The number of aromatic nitrogens is 5. The van der Waals surface area contributed by atoms with Crippen LogP contribution in [0.3, 0.4) is 0 Å². The highest BCUT2D eigenvalue weighted by Gasteiger charge is 2.14. The molecule has 0 radical (unpaired) electrons. The van der Waals surface area contributed by atoms with Gasteiger partial charge in [-0.15, -0.1) is 10.2 Å². The van der Waals surface area contributed by atoms with Gasteiger partial charge in [-0.1, -0.05) is 30.0 Å². The number of thioether (sulfide) groups is 1. The van der Waals surface area contributed by atoms with E-state index >= 15 is 0 Å². The van der Waals surface area contributed by atoms with E-state index in [0.717, 1.165) is 16.7 Å². The molecular weight excluding hydrogens is 336 g/mol. The molecule has 0 atom stereocenters. The number of H-pyrrole nitrogens is 1. The zero-order valence-electron chi connectivity index (χ0n) is 12.9. The molecule has 0 aliphatic carbocycles. The van der Waals surface area contributed by atoms with Crippen molar-refractivity contribution in [2.24, 2.45) is 0 Å². The number of fused-ring (bicyclic) bond motifs is 2. The number of hydrogen-bond donors (Lipinski definition) is 2. The van der Waals surface area contributed by atoms with Crippen molar-refractivity contribution in [1.29, 1.82) is 5.26 Å². The Bertz CT molecular complexity index is 1100. The average Bonchev–Trinajstić information content (AvgIpc) is 3.24. The van der Waals surface area contributed by atoms with Crippen LogP contribution in [-0.4, -0.2) is 35.4 Å². The van der Waals surface area contributed by atoms with Crippen molar-refractivity contribution < 1.29 is 5.11 Å². The maximum atomic E-state index is 10.4. The molecule has 0 spiro atoms. The Kier molecular flexibility index (Phi) is 3.84. The number of allylic oxidation sites excluding steroid dienone is 1. The standard InChI is InChI=1S/C17H12N6OS/c18-9-11(16-19-12-5-1-2-6-13(12)20-16)14(24)10-25-17-22-21-15-7-3-4-8-23(15)17/h1-8,24H,10H2,(H,19,20). The lowest BCUT2D eigenvalue weighted by Gasteiger charge is -2.02. The fraction of sp³-hybridized carbons (Fsp3) is 0.0588. The third kappa shape index (κ3) is 2.81. The number of nitrogens with one attached hydrogen (secondary N) is 1. The van der Waals surface area contributed by atoms with Crippen molar-refractivity contribution in [2.45, 2.75) is 5.16 Å². The lowest BCUT2D eigenvalue weighted by Crippen LogP contribution is -1.96. The summed E-state index contributed by atoms with van der Waals surface area (Å²) in [6.45, 7) is 0. The first-order valence-electron chi connectivity index (χ1n) is 7.46. The van der Waals surface area contributed by atoms with Crippen LogP contribution in [0.5, 0.6) is 0 Å². The molecule has 122 valence electrons. The molecule has 0 saturated carbocycles. The highest BCUT2D eigenvalue weighted by Crippen LogP contribution is 2.24. The van der Waals surface area contributed by atoms with Crippen molar-refractivity contribution in [3.05, 3.63) is 60.2 Å². The van der Waals surface area contributed by atoms with Gasteiger partial charge in [0.2, 0.25) is 0 Å². The molecule has 4 aromatic rings. The number of nitrogens with zero attached hydrogens (tertiary/aromatic N) is 5. The summed E-state index contributed by atoms with van der Waals surface area (Å²) >= 11 is 1.30. The first-order valence-corrected chi connectivity index (χ1v) is 8.45. The molecule has 0 aliphatic heterocycles. The van der Waals surface area contributed by atoms with Crippen molar-refractivity contribution >= 4 is 34.0 Å². The van der Waals surface area contributed by atoms with Gasteiger partial charge in [0.1, 0.15) is 17.4 Å². The van der Waals surface area contributed by atoms with Crippen LogP contribution in [0, 0.1) is 11.3 Å². The molecule has 1 aromatic carbocycles. The predicted octanol–water partition coefficient (Wildman–Crippen LogP) is 3.19. The summed E-state index contributed by atoms with van der Waals surface area (Å²) in [5.41, 5.74) is 2.41. The molecule has 3 aromatic heterocycles. The normalized spacial score (nSPS) is 12.3. The Hall–Kier alpha value is -3.31. The number of nitriles is 1. The van der Waals surface area contributed by atoms with Crippen molar-refractivity contribution in [3.63, 3.8) is 0 Å². The monoisotopic (exact) mass is 348 g/mol. The molecule has 4 rings (SSSR count). The van der Waals surface area contributed by atoms with E-state index in [1.54, 1.807) is 0 Å². The summed E-state index contributed by atoms with van der Waals surface area (Å²) in [6.07, 6.45) is 1.85. The highest BCUT2D eigenvalue weighted by atomic mass is 32.2. The smallest absolute Gasteiger partial charge is 0.196 e. The van der Waals surface area contributed by atoms with Crippen LogP contribution in [-0.2, 0) is 0 Å². The molecule has 0 bridgehead atoms. The Labute approximate surface area is 146 Å². The Morgan fingerprint density at radius 1 is 1.20 bits per heavy atom. The van der Waals surface area contributed by atoms with E-state index in [9.17, 15) is 10.4 Å². The van der Waals surface area contributed by atoms with Crippen molar-refractivity contribution in [2.75, 3.05) is 5.75 Å². The van der Waals surface area contributed by atoms with Gasteiger partial charge < -0.3 is 10.1 Å². The summed E-state index contributed by atoms with van der Waals surface area (Å²) in [4.78, 5) is 7.42. The van der Waals surface area contributed by atoms with Crippen molar-refractivity contribution in [1.82, 2.24) is 24.6 Å². The quantitative estimate of drug-likeness (QED) is 0.333. The second-order valence-corrected chi connectivity index (χ2v) is 6.18. The maximum absolute atomic E-state index is 10.4. The van der Waals surface area contributed by atoms with Crippen LogP contribution >= 0.6 is 11.8 Å². The van der Waals surface area contributed by atoms with Gasteiger partial charge in [0.05, 0.1) is 16.8 Å². The number of hydrogen-bond acceptors (Lipinski definition) is 6. The van der Waals surface area contributed by atoms with Gasteiger partial charge in [-0.3, -0.25) is 4.40 Å². The number of aromatic amines is 1. The van der Waals surface area contributed by atoms with Crippen LogP contribution in [0.15, 0.2) is 59.6 Å². The zero-order valence-corrected chi connectivity index (χ0v) is 13.7. The number of para-hydroxylation sites is 2. The Morgan fingerprint density at radius 2 is 2.04 bits per heavy atom. The second kappa shape index (κ2) is 6.30. The van der Waals surface area contributed by atoms with E-state index in [0.29, 0.717) is 11.0 Å². The van der Waals surface area contributed by atoms with Crippen LogP contribution in [0.1, 0.15) is 5.82 Å². The number of imidazole rings is 1. The molecule has 7 nitrogen and oxygen atoms in total. The van der Waals surface area contributed by atoms with E-state index in [1.165, 1.54) is 11.8 Å². The largest absolute Gasteiger partial charge is 0.510 e. The SMILES string of the molecule is N#CC(=C(O)CSc1nnc2ccccn12)c1nc2ccccc2[nH]1. The molecular formula is C17H12N6OS. The zero-order chi connectivity index (χ0) is 17.2. The van der Waals surface area contributed by atoms with Gasteiger partial charge in [0.15, 0.2) is 16.6 Å². The molecule has 8 heteroatoms. The minimum Gasteiger partial charge on any atom is -0.510 e. The fourth-order valence-corrected chi connectivity index (χ4v) is 3.25. The maximum Gasteiger partial charge on any atom is 0.196 e.